The Kier molecular flexibility index (Phi) is 10.5. The summed E-state index contributed by atoms with van der Waals surface area (Å²) >= 11 is 0. The molecule has 0 aliphatic carbocycles. The van der Waals surface area contributed by atoms with Gasteiger partial charge in [0.25, 0.3) is 0 Å². The second-order valence-electron chi connectivity index (χ2n) is 3.90. The lowest BCUT2D eigenvalue weighted by molar-refractivity contribution is -0.143. The van der Waals surface area contributed by atoms with Crippen molar-refractivity contribution in [3.05, 3.63) is 0 Å². The van der Waals surface area contributed by atoms with Crippen LogP contribution in [0.5, 0.6) is 0 Å². The number of methoxy groups -OCH3 is 1. The van der Waals surface area contributed by atoms with Gasteiger partial charge in [-0.25, -0.2) is 0 Å². The summed E-state index contributed by atoms with van der Waals surface area (Å²) in [6.07, 6.45) is 4.03. The summed E-state index contributed by atoms with van der Waals surface area (Å²) in [5, 5.41) is 9.49. The number of rotatable bonds is 10. The first-order valence-electron chi connectivity index (χ1n) is 6.03. The van der Waals surface area contributed by atoms with E-state index in [0.29, 0.717) is 26.1 Å². The van der Waals surface area contributed by atoms with Crippen LogP contribution in [0.25, 0.3) is 0 Å². The van der Waals surface area contributed by atoms with E-state index in [-0.39, 0.29) is 12.1 Å². The maximum atomic E-state index is 11.1. The predicted octanol–water partition coefficient (Wildman–Crippen LogP) is 1.90. The van der Waals surface area contributed by atoms with Gasteiger partial charge in [0.15, 0.2) is 0 Å². The Morgan fingerprint density at radius 3 is 2.62 bits per heavy atom. The van der Waals surface area contributed by atoms with Gasteiger partial charge in [-0.1, -0.05) is 13.3 Å². The zero-order chi connectivity index (χ0) is 12.2. The molecule has 1 N–H and O–H groups in total. The molecule has 0 saturated heterocycles. The number of esters is 1. The Labute approximate surface area is 97.9 Å². The Morgan fingerprint density at radius 2 is 2.00 bits per heavy atom. The molecule has 0 saturated carbocycles. The van der Waals surface area contributed by atoms with Gasteiger partial charge >= 0.3 is 5.97 Å². The van der Waals surface area contributed by atoms with Crippen LogP contribution in [0.3, 0.4) is 0 Å². The third kappa shape index (κ3) is 9.93. The second-order valence-corrected chi connectivity index (χ2v) is 3.90. The number of hydrogen-bond donors (Lipinski definition) is 1. The molecule has 0 aliphatic heterocycles. The number of unbranched alkanes of at least 4 members (excludes halogenated alkanes) is 1. The SMILES string of the molecule is CCCOC(=O)CCCC[C@@H](O)CCOC. The lowest BCUT2D eigenvalue weighted by Crippen LogP contribution is -2.10. The molecule has 0 rings (SSSR count). The van der Waals surface area contributed by atoms with Crippen molar-refractivity contribution in [2.24, 2.45) is 0 Å². The third-order valence-corrected chi connectivity index (χ3v) is 2.29. The summed E-state index contributed by atoms with van der Waals surface area (Å²) in [4.78, 5) is 11.1. The quantitative estimate of drug-likeness (QED) is 0.461. The Bertz CT molecular complexity index is 170. The summed E-state index contributed by atoms with van der Waals surface area (Å²) in [5.41, 5.74) is 0. The average molecular weight is 232 g/mol. The summed E-state index contributed by atoms with van der Waals surface area (Å²) in [7, 11) is 1.62. The van der Waals surface area contributed by atoms with Gasteiger partial charge in [0.2, 0.25) is 0 Å². The molecule has 0 radical (unpaired) electrons. The van der Waals surface area contributed by atoms with Crippen LogP contribution in [0.15, 0.2) is 0 Å². The second kappa shape index (κ2) is 10.9. The van der Waals surface area contributed by atoms with Crippen molar-refractivity contribution >= 4 is 5.97 Å². The van der Waals surface area contributed by atoms with Crippen LogP contribution in [-0.2, 0) is 14.3 Å². The number of ether oxygens (including phenoxy) is 2. The number of aliphatic hydroxyl groups is 1. The van der Waals surface area contributed by atoms with Gasteiger partial charge < -0.3 is 14.6 Å². The molecule has 0 bridgehead atoms. The fourth-order valence-electron chi connectivity index (χ4n) is 1.34. The Morgan fingerprint density at radius 1 is 1.25 bits per heavy atom. The van der Waals surface area contributed by atoms with Gasteiger partial charge in [0.05, 0.1) is 12.7 Å². The number of carbonyl (C=O) groups is 1. The topological polar surface area (TPSA) is 55.8 Å². The van der Waals surface area contributed by atoms with Gasteiger partial charge in [-0.05, 0) is 25.7 Å². The maximum absolute atomic E-state index is 11.1. The molecule has 96 valence electrons. The fraction of sp³-hybridized carbons (Fsp3) is 0.917. The standard InChI is InChI=1S/C12H24O4/c1-3-9-16-12(14)7-5-4-6-11(13)8-10-15-2/h11,13H,3-10H2,1-2H3/t11-/m1/s1. The number of hydrogen-bond acceptors (Lipinski definition) is 4. The predicted molar refractivity (Wildman–Crippen MR) is 62.2 cm³/mol. The van der Waals surface area contributed by atoms with Gasteiger partial charge in [0.1, 0.15) is 0 Å². The van der Waals surface area contributed by atoms with Crippen molar-refractivity contribution in [2.45, 2.75) is 51.6 Å². The Hall–Kier alpha value is -0.610. The summed E-state index contributed by atoms with van der Waals surface area (Å²) in [5.74, 6) is -0.131. The van der Waals surface area contributed by atoms with Crippen LogP contribution in [0.2, 0.25) is 0 Å². The van der Waals surface area contributed by atoms with E-state index in [1.54, 1.807) is 7.11 Å². The fourth-order valence-corrected chi connectivity index (χ4v) is 1.34. The molecule has 0 fully saturated rings. The molecule has 0 aromatic heterocycles. The summed E-state index contributed by atoms with van der Waals surface area (Å²) in [6, 6.07) is 0. The van der Waals surface area contributed by atoms with Crippen molar-refractivity contribution in [1.82, 2.24) is 0 Å². The van der Waals surface area contributed by atoms with Crippen LogP contribution < -0.4 is 0 Å². The molecule has 0 aromatic carbocycles. The van der Waals surface area contributed by atoms with E-state index in [0.717, 1.165) is 25.7 Å². The monoisotopic (exact) mass is 232 g/mol. The highest BCUT2D eigenvalue weighted by Crippen LogP contribution is 2.07. The van der Waals surface area contributed by atoms with Gasteiger partial charge in [-0.15, -0.1) is 0 Å². The minimum atomic E-state index is -0.313. The first-order valence-corrected chi connectivity index (χ1v) is 6.03. The van der Waals surface area contributed by atoms with E-state index in [2.05, 4.69) is 0 Å². The number of carbonyl (C=O) groups excluding carboxylic acids is 1. The molecule has 0 spiro atoms. The lowest BCUT2D eigenvalue weighted by Gasteiger charge is -2.09. The average Bonchev–Trinajstić information content (AvgIpc) is 2.29. The first-order chi connectivity index (χ1) is 7.70. The largest absolute Gasteiger partial charge is 0.466 e. The highest BCUT2D eigenvalue weighted by molar-refractivity contribution is 5.69. The van der Waals surface area contributed by atoms with Crippen molar-refractivity contribution in [1.29, 1.82) is 0 Å². The molecule has 0 aliphatic rings. The van der Waals surface area contributed by atoms with Gasteiger partial charge in [-0.3, -0.25) is 4.79 Å². The lowest BCUT2D eigenvalue weighted by atomic mass is 10.1. The van der Waals surface area contributed by atoms with E-state index in [1.165, 1.54) is 0 Å². The zero-order valence-electron chi connectivity index (χ0n) is 10.4. The molecule has 4 heteroatoms. The molecule has 4 nitrogen and oxygen atoms in total. The van der Waals surface area contributed by atoms with E-state index in [4.69, 9.17) is 9.47 Å². The van der Waals surface area contributed by atoms with E-state index in [9.17, 15) is 9.90 Å². The van der Waals surface area contributed by atoms with Crippen molar-refractivity contribution in [3.63, 3.8) is 0 Å². The molecular weight excluding hydrogens is 208 g/mol. The van der Waals surface area contributed by atoms with Crippen LogP contribution in [0.4, 0.5) is 0 Å². The molecule has 0 unspecified atom stereocenters. The minimum Gasteiger partial charge on any atom is -0.466 e. The van der Waals surface area contributed by atoms with Crippen LogP contribution in [-0.4, -0.2) is 37.5 Å². The van der Waals surface area contributed by atoms with Gasteiger partial charge in [-0.2, -0.15) is 0 Å². The molecule has 0 aromatic rings. The third-order valence-electron chi connectivity index (χ3n) is 2.29. The van der Waals surface area contributed by atoms with E-state index >= 15 is 0 Å². The highest BCUT2D eigenvalue weighted by Gasteiger charge is 2.05. The molecule has 0 amide bonds. The number of aliphatic hydroxyl groups excluding tert-OH is 1. The van der Waals surface area contributed by atoms with E-state index in [1.807, 2.05) is 6.92 Å². The first kappa shape index (κ1) is 15.4. The smallest absolute Gasteiger partial charge is 0.305 e. The van der Waals surface area contributed by atoms with Crippen LogP contribution >= 0.6 is 0 Å². The molecular formula is C12H24O4. The van der Waals surface area contributed by atoms with Crippen molar-refractivity contribution < 1.29 is 19.4 Å². The minimum absolute atomic E-state index is 0.131. The normalized spacial score (nSPS) is 12.4. The molecule has 0 heterocycles. The van der Waals surface area contributed by atoms with Crippen LogP contribution in [0, 0.1) is 0 Å². The maximum Gasteiger partial charge on any atom is 0.305 e. The zero-order valence-corrected chi connectivity index (χ0v) is 10.4. The van der Waals surface area contributed by atoms with Crippen LogP contribution in [0.1, 0.15) is 45.4 Å². The molecule has 16 heavy (non-hydrogen) atoms. The summed E-state index contributed by atoms with van der Waals surface area (Å²) < 4.78 is 9.81. The van der Waals surface area contributed by atoms with Gasteiger partial charge in [0, 0.05) is 20.1 Å². The summed E-state index contributed by atoms with van der Waals surface area (Å²) in [6.45, 7) is 3.06. The van der Waals surface area contributed by atoms with Crippen molar-refractivity contribution in [3.8, 4) is 0 Å². The highest BCUT2D eigenvalue weighted by atomic mass is 16.5. The Balaban J connectivity index is 3.28. The van der Waals surface area contributed by atoms with Crippen molar-refractivity contribution in [2.75, 3.05) is 20.3 Å². The van der Waals surface area contributed by atoms with E-state index < -0.39 is 0 Å². The molecule has 1 atom stereocenters.